The molecule has 0 bridgehead atoms. The third-order valence-electron chi connectivity index (χ3n) is 4.62. The first-order valence-electron chi connectivity index (χ1n) is 9.33. The second-order valence-electron chi connectivity index (χ2n) is 6.63. The predicted octanol–water partition coefficient (Wildman–Crippen LogP) is 6.26. The molecule has 0 amide bonds. The minimum atomic E-state index is -0.539. The Balaban J connectivity index is 1.63. The molecule has 0 fully saturated rings. The highest BCUT2D eigenvalue weighted by Crippen LogP contribution is 2.26. The molecule has 0 atom stereocenters. The quantitative estimate of drug-likeness (QED) is 0.219. The van der Waals surface area contributed by atoms with Gasteiger partial charge in [0.15, 0.2) is 5.78 Å². The van der Waals surface area contributed by atoms with E-state index in [1.165, 1.54) is 12.1 Å². The lowest BCUT2D eigenvalue weighted by molar-refractivity contribution is -0.385. The lowest BCUT2D eigenvalue weighted by Crippen LogP contribution is -2.05. The number of nitro benzene ring substituents is 1. The molecule has 0 radical (unpaired) electrons. The summed E-state index contributed by atoms with van der Waals surface area (Å²) in [6.45, 7) is 0. The van der Waals surface area contributed by atoms with Crippen LogP contribution in [-0.2, 0) is 0 Å². The summed E-state index contributed by atoms with van der Waals surface area (Å²) in [6, 6.07) is 26.5. The summed E-state index contributed by atoms with van der Waals surface area (Å²) >= 11 is 0. The van der Waals surface area contributed by atoms with Crippen molar-refractivity contribution in [3.63, 3.8) is 0 Å². The number of rotatable bonds is 6. The Morgan fingerprint density at radius 3 is 2.23 bits per heavy atom. The molecule has 4 aromatic rings. The van der Waals surface area contributed by atoms with Gasteiger partial charge in [0.1, 0.15) is 17.1 Å². The second kappa shape index (κ2) is 8.41. The van der Waals surface area contributed by atoms with Crippen molar-refractivity contribution in [2.24, 2.45) is 0 Å². The van der Waals surface area contributed by atoms with Crippen LogP contribution >= 0.6 is 0 Å². The number of nitrogens with zero attached hydrogens (tertiary/aromatic N) is 1. The van der Waals surface area contributed by atoms with Crippen LogP contribution in [0.2, 0.25) is 0 Å². The van der Waals surface area contributed by atoms with Crippen LogP contribution in [0.25, 0.3) is 23.5 Å². The van der Waals surface area contributed by atoms with Crippen molar-refractivity contribution in [2.75, 3.05) is 0 Å². The Morgan fingerprint density at radius 1 is 0.833 bits per heavy atom. The lowest BCUT2D eigenvalue weighted by Gasteiger charge is -2.04. The molecule has 0 aliphatic heterocycles. The van der Waals surface area contributed by atoms with E-state index in [9.17, 15) is 14.9 Å². The summed E-state index contributed by atoms with van der Waals surface area (Å²) in [7, 11) is 0. The minimum absolute atomic E-state index is 0.0535. The second-order valence-corrected chi connectivity index (χ2v) is 6.63. The van der Waals surface area contributed by atoms with Crippen LogP contribution in [0, 0.1) is 10.1 Å². The number of furan rings is 1. The average molecular weight is 395 g/mol. The molecule has 3 aromatic carbocycles. The van der Waals surface area contributed by atoms with Gasteiger partial charge in [0.05, 0.1) is 4.92 Å². The standard InChI is InChI=1S/C25H17NO4/c27-25(20-9-5-2-6-10-20)22-17-18(12-15-23(22)26(28)29)11-13-21-14-16-24(30-21)19-7-3-1-4-8-19/h1-17H/b13-11+. The van der Waals surface area contributed by atoms with Gasteiger partial charge in [-0.2, -0.15) is 0 Å². The molecule has 146 valence electrons. The largest absolute Gasteiger partial charge is 0.457 e. The number of nitro groups is 1. The zero-order valence-electron chi connectivity index (χ0n) is 15.9. The van der Waals surface area contributed by atoms with Gasteiger partial charge in [0, 0.05) is 17.2 Å². The number of hydrogen-bond acceptors (Lipinski definition) is 4. The van der Waals surface area contributed by atoms with Crippen molar-refractivity contribution in [2.45, 2.75) is 0 Å². The third-order valence-corrected chi connectivity index (χ3v) is 4.62. The van der Waals surface area contributed by atoms with E-state index >= 15 is 0 Å². The highest BCUT2D eigenvalue weighted by molar-refractivity contribution is 6.11. The Morgan fingerprint density at radius 2 is 1.53 bits per heavy atom. The van der Waals surface area contributed by atoms with E-state index in [0.29, 0.717) is 16.9 Å². The van der Waals surface area contributed by atoms with Gasteiger partial charge in [-0.3, -0.25) is 14.9 Å². The van der Waals surface area contributed by atoms with Gasteiger partial charge in [-0.05, 0) is 35.9 Å². The van der Waals surface area contributed by atoms with Crippen LogP contribution in [0.1, 0.15) is 27.2 Å². The van der Waals surface area contributed by atoms with Gasteiger partial charge < -0.3 is 4.42 Å². The number of benzene rings is 3. The van der Waals surface area contributed by atoms with Crippen molar-refractivity contribution in [3.8, 4) is 11.3 Å². The summed E-state index contributed by atoms with van der Waals surface area (Å²) in [5, 5.41) is 11.4. The van der Waals surface area contributed by atoms with Crippen LogP contribution in [0.4, 0.5) is 5.69 Å². The Bertz CT molecular complexity index is 1220. The maximum Gasteiger partial charge on any atom is 0.280 e. The van der Waals surface area contributed by atoms with E-state index in [-0.39, 0.29) is 17.0 Å². The fraction of sp³-hybridized carbons (Fsp3) is 0. The Hall–Kier alpha value is -4.25. The summed E-state index contributed by atoms with van der Waals surface area (Å²) in [6.07, 6.45) is 3.53. The molecule has 0 saturated carbocycles. The monoisotopic (exact) mass is 395 g/mol. The first kappa shape index (κ1) is 19.1. The lowest BCUT2D eigenvalue weighted by atomic mass is 9.99. The minimum Gasteiger partial charge on any atom is -0.457 e. The first-order valence-corrected chi connectivity index (χ1v) is 9.33. The normalized spacial score (nSPS) is 10.9. The zero-order chi connectivity index (χ0) is 20.9. The third kappa shape index (κ3) is 4.10. The summed E-state index contributed by atoms with van der Waals surface area (Å²) < 4.78 is 5.84. The highest BCUT2D eigenvalue weighted by atomic mass is 16.6. The van der Waals surface area contributed by atoms with Crippen LogP contribution in [0.15, 0.2) is 95.4 Å². The summed E-state index contributed by atoms with van der Waals surface area (Å²) in [5.41, 5.74) is 1.88. The molecule has 0 spiro atoms. The van der Waals surface area contributed by atoms with Crippen LogP contribution < -0.4 is 0 Å². The molecule has 0 aliphatic carbocycles. The van der Waals surface area contributed by atoms with Crippen molar-refractivity contribution in [3.05, 3.63) is 124 Å². The fourth-order valence-corrected chi connectivity index (χ4v) is 3.12. The molecule has 30 heavy (non-hydrogen) atoms. The van der Waals surface area contributed by atoms with Gasteiger partial charge in [-0.1, -0.05) is 66.7 Å². The number of hydrogen-bond donors (Lipinski definition) is 0. The maximum absolute atomic E-state index is 12.8. The summed E-state index contributed by atoms with van der Waals surface area (Å²) in [4.78, 5) is 23.7. The van der Waals surface area contributed by atoms with Crippen LogP contribution in [-0.4, -0.2) is 10.7 Å². The number of carbonyl (C=O) groups is 1. The van der Waals surface area contributed by atoms with Gasteiger partial charge in [0.25, 0.3) is 5.69 Å². The molecule has 0 unspecified atom stereocenters. The van der Waals surface area contributed by atoms with Gasteiger partial charge in [-0.15, -0.1) is 0 Å². The summed E-state index contributed by atoms with van der Waals surface area (Å²) in [5.74, 6) is 1.00. The molecule has 1 heterocycles. The smallest absolute Gasteiger partial charge is 0.280 e. The Kier molecular flexibility index (Phi) is 5.35. The highest BCUT2D eigenvalue weighted by Gasteiger charge is 2.21. The number of ketones is 1. The molecule has 5 heteroatoms. The number of carbonyl (C=O) groups excluding carboxylic acids is 1. The van der Waals surface area contributed by atoms with E-state index in [0.717, 1.165) is 11.3 Å². The van der Waals surface area contributed by atoms with Crippen molar-refractivity contribution in [1.82, 2.24) is 0 Å². The van der Waals surface area contributed by atoms with E-state index in [2.05, 4.69) is 0 Å². The zero-order valence-corrected chi connectivity index (χ0v) is 15.9. The molecular formula is C25H17NO4. The fourth-order valence-electron chi connectivity index (χ4n) is 3.12. The molecule has 1 aromatic heterocycles. The van der Waals surface area contributed by atoms with E-state index < -0.39 is 4.92 Å². The molecule has 0 N–H and O–H groups in total. The molecular weight excluding hydrogens is 378 g/mol. The molecule has 0 aliphatic rings. The average Bonchev–Trinajstić information content (AvgIpc) is 3.27. The van der Waals surface area contributed by atoms with E-state index in [1.807, 2.05) is 42.5 Å². The topological polar surface area (TPSA) is 73.3 Å². The Labute approximate surface area is 173 Å². The van der Waals surface area contributed by atoms with Crippen molar-refractivity contribution < 1.29 is 14.1 Å². The van der Waals surface area contributed by atoms with E-state index in [1.54, 1.807) is 48.6 Å². The van der Waals surface area contributed by atoms with Crippen molar-refractivity contribution >= 4 is 23.6 Å². The maximum atomic E-state index is 12.8. The van der Waals surface area contributed by atoms with Crippen LogP contribution in [0.5, 0.6) is 0 Å². The van der Waals surface area contributed by atoms with Gasteiger partial charge in [-0.25, -0.2) is 0 Å². The SMILES string of the molecule is O=C(c1ccccc1)c1cc(/C=C/c2ccc(-c3ccccc3)o2)ccc1[N+](=O)[O-]. The van der Waals surface area contributed by atoms with Gasteiger partial charge in [0.2, 0.25) is 0 Å². The molecule has 5 nitrogen and oxygen atoms in total. The van der Waals surface area contributed by atoms with Crippen molar-refractivity contribution in [1.29, 1.82) is 0 Å². The van der Waals surface area contributed by atoms with E-state index in [4.69, 9.17) is 4.42 Å². The predicted molar refractivity (Wildman–Crippen MR) is 116 cm³/mol. The van der Waals surface area contributed by atoms with Crippen LogP contribution in [0.3, 0.4) is 0 Å². The molecule has 4 rings (SSSR count). The molecule has 0 saturated heterocycles. The first-order chi connectivity index (χ1) is 14.6. The van der Waals surface area contributed by atoms with Gasteiger partial charge >= 0.3 is 0 Å².